The van der Waals surface area contributed by atoms with Crippen molar-refractivity contribution in [2.45, 2.75) is 19.3 Å². The Hall–Kier alpha value is -3.10. The minimum Gasteiger partial charge on any atom is -0.325 e. The van der Waals surface area contributed by atoms with Crippen LogP contribution in [0, 0.1) is 23.7 Å². The summed E-state index contributed by atoms with van der Waals surface area (Å²) in [7, 11) is 0. The summed E-state index contributed by atoms with van der Waals surface area (Å²) in [5, 5.41) is 13.7. The number of aromatic nitrogens is 4. The third kappa shape index (κ3) is 2.53. The highest BCUT2D eigenvalue weighted by Gasteiger charge is 2.60. The lowest BCUT2D eigenvalue weighted by molar-refractivity contribution is -0.143. The highest BCUT2D eigenvalue weighted by atomic mass is 16.2. The molecule has 3 aliphatic rings. The summed E-state index contributed by atoms with van der Waals surface area (Å²) >= 11 is 0. The lowest BCUT2D eigenvalue weighted by Crippen LogP contribution is -2.39. The zero-order valence-electron chi connectivity index (χ0n) is 14.5. The zero-order chi connectivity index (χ0) is 18.5. The monoisotopic (exact) mass is 366 g/mol. The fourth-order valence-electron chi connectivity index (χ4n) is 4.95. The van der Waals surface area contributed by atoms with Gasteiger partial charge in [-0.1, -0.05) is 0 Å². The van der Waals surface area contributed by atoms with E-state index in [0.29, 0.717) is 17.5 Å². The van der Waals surface area contributed by atoms with Crippen LogP contribution in [0.25, 0.3) is 5.69 Å². The maximum absolute atomic E-state index is 12.7. The summed E-state index contributed by atoms with van der Waals surface area (Å²) in [6.07, 6.45) is 4.51. The normalized spacial score (nSPS) is 28.7. The first kappa shape index (κ1) is 16.1. The van der Waals surface area contributed by atoms with Gasteiger partial charge in [0.2, 0.25) is 17.7 Å². The average Bonchev–Trinajstić information content (AvgIpc) is 3.44. The average molecular weight is 366 g/mol. The van der Waals surface area contributed by atoms with Crippen LogP contribution < -0.4 is 5.32 Å². The largest absolute Gasteiger partial charge is 0.325 e. The highest BCUT2D eigenvalue weighted by Crippen LogP contribution is 2.56. The summed E-state index contributed by atoms with van der Waals surface area (Å²) < 4.78 is 1.50. The molecule has 3 fully saturated rings. The fraction of sp³-hybridized carbons (Fsp3) is 0.444. The Morgan fingerprint density at radius 3 is 2.33 bits per heavy atom. The molecule has 9 heteroatoms. The number of amides is 3. The number of anilines is 1. The number of fused-ring (bicyclic) bond motifs is 5. The molecule has 4 atom stereocenters. The molecule has 2 aromatic rings. The van der Waals surface area contributed by atoms with E-state index in [-0.39, 0.29) is 36.1 Å². The second kappa shape index (κ2) is 5.97. The van der Waals surface area contributed by atoms with E-state index in [4.69, 9.17) is 0 Å². The van der Waals surface area contributed by atoms with E-state index in [2.05, 4.69) is 20.8 Å². The number of imide groups is 1. The number of hydrogen-bond acceptors (Lipinski definition) is 6. The molecule has 2 aliphatic carbocycles. The zero-order valence-corrected chi connectivity index (χ0v) is 14.5. The molecule has 2 heterocycles. The molecule has 1 aromatic heterocycles. The maximum atomic E-state index is 12.7. The quantitative estimate of drug-likeness (QED) is 0.795. The fourth-order valence-corrected chi connectivity index (χ4v) is 4.95. The van der Waals surface area contributed by atoms with Crippen LogP contribution in [0.5, 0.6) is 0 Å². The van der Waals surface area contributed by atoms with Gasteiger partial charge in [-0.05, 0) is 65.8 Å². The van der Waals surface area contributed by atoms with E-state index in [9.17, 15) is 14.4 Å². The van der Waals surface area contributed by atoms with Gasteiger partial charge in [0, 0.05) is 5.69 Å². The molecule has 2 saturated carbocycles. The van der Waals surface area contributed by atoms with Gasteiger partial charge in [0.15, 0.2) is 0 Å². The van der Waals surface area contributed by atoms with Crippen LogP contribution >= 0.6 is 0 Å². The molecule has 1 aliphatic heterocycles. The van der Waals surface area contributed by atoms with Gasteiger partial charge in [0.25, 0.3) is 0 Å². The molecule has 1 aromatic carbocycles. The Balaban J connectivity index is 1.25. The number of tetrazole rings is 1. The molecule has 138 valence electrons. The molecular formula is C18H18N6O3. The van der Waals surface area contributed by atoms with Gasteiger partial charge < -0.3 is 5.32 Å². The van der Waals surface area contributed by atoms with Crippen molar-refractivity contribution in [3.63, 3.8) is 0 Å². The Morgan fingerprint density at radius 2 is 1.74 bits per heavy atom. The van der Waals surface area contributed by atoms with Crippen LogP contribution in [0.4, 0.5) is 5.69 Å². The first-order chi connectivity index (χ1) is 13.1. The van der Waals surface area contributed by atoms with Crippen molar-refractivity contribution in [2.24, 2.45) is 23.7 Å². The van der Waals surface area contributed by atoms with E-state index in [0.717, 1.165) is 29.8 Å². The number of carbonyl (C=O) groups excluding carboxylic acids is 3. The predicted molar refractivity (Wildman–Crippen MR) is 92.3 cm³/mol. The van der Waals surface area contributed by atoms with E-state index in [1.165, 1.54) is 11.0 Å². The van der Waals surface area contributed by atoms with Gasteiger partial charge in [-0.2, -0.15) is 0 Å². The van der Waals surface area contributed by atoms with Crippen molar-refractivity contribution >= 4 is 23.4 Å². The Bertz CT molecular complexity index is 882. The van der Waals surface area contributed by atoms with Gasteiger partial charge in [-0.25, -0.2) is 4.68 Å². The molecule has 1 N–H and O–H groups in total. The molecule has 3 amide bonds. The van der Waals surface area contributed by atoms with Gasteiger partial charge >= 0.3 is 0 Å². The number of rotatable bonds is 4. The third-order valence-electron chi connectivity index (χ3n) is 6.09. The Kier molecular flexibility index (Phi) is 3.56. The third-order valence-corrected chi connectivity index (χ3v) is 6.09. The SMILES string of the molecule is O=C(CN1C(=O)C2C3CCC(C3)C2C1=O)Nc1ccc(-n2cnnn2)cc1. The summed E-state index contributed by atoms with van der Waals surface area (Å²) in [6.45, 7) is -0.223. The smallest absolute Gasteiger partial charge is 0.244 e. The number of likely N-dealkylation sites (tertiary alicyclic amines) is 1. The number of nitrogens with zero attached hydrogens (tertiary/aromatic N) is 5. The van der Waals surface area contributed by atoms with Crippen molar-refractivity contribution in [1.82, 2.24) is 25.1 Å². The maximum Gasteiger partial charge on any atom is 0.244 e. The first-order valence-corrected chi connectivity index (χ1v) is 9.10. The van der Waals surface area contributed by atoms with E-state index < -0.39 is 0 Å². The van der Waals surface area contributed by atoms with Gasteiger partial charge in [0.05, 0.1) is 17.5 Å². The summed E-state index contributed by atoms with van der Waals surface area (Å²) in [4.78, 5) is 38.8. The molecule has 4 unspecified atom stereocenters. The second-order valence-electron chi connectivity index (χ2n) is 7.50. The molecule has 0 radical (unpaired) electrons. The molecule has 2 bridgehead atoms. The number of carbonyl (C=O) groups is 3. The van der Waals surface area contributed by atoms with Crippen LogP contribution in [0.2, 0.25) is 0 Å². The van der Waals surface area contributed by atoms with Crippen LogP contribution in [0.1, 0.15) is 19.3 Å². The van der Waals surface area contributed by atoms with Crippen LogP contribution in [-0.4, -0.2) is 49.4 Å². The lowest BCUT2D eigenvalue weighted by atomic mass is 9.81. The minimum absolute atomic E-state index is 0.165. The molecular weight excluding hydrogens is 348 g/mol. The number of hydrogen-bond donors (Lipinski definition) is 1. The van der Waals surface area contributed by atoms with Crippen LogP contribution in [0.15, 0.2) is 30.6 Å². The Labute approximate surface area is 154 Å². The summed E-state index contributed by atoms with van der Waals surface area (Å²) in [6, 6.07) is 6.97. The molecule has 1 saturated heterocycles. The molecule has 27 heavy (non-hydrogen) atoms. The standard InChI is InChI=1S/C18H18N6O3/c25-14(20-12-3-5-13(6-4-12)24-9-19-21-22-24)8-23-17(26)15-10-1-2-11(7-10)16(15)18(23)27/h3-6,9-11,15-16H,1-2,7-8H2,(H,20,25). The molecule has 9 nitrogen and oxygen atoms in total. The topological polar surface area (TPSA) is 110 Å². The van der Waals surface area contributed by atoms with Gasteiger partial charge in [0.1, 0.15) is 12.9 Å². The van der Waals surface area contributed by atoms with E-state index in [1.54, 1.807) is 24.3 Å². The van der Waals surface area contributed by atoms with E-state index in [1.807, 2.05) is 0 Å². The van der Waals surface area contributed by atoms with Crippen LogP contribution in [-0.2, 0) is 14.4 Å². The summed E-state index contributed by atoms with van der Waals surface area (Å²) in [5.41, 5.74) is 1.34. The van der Waals surface area contributed by atoms with Crippen molar-refractivity contribution in [3.8, 4) is 5.69 Å². The lowest BCUT2D eigenvalue weighted by Gasteiger charge is -2.19. The number of benzene rings is 1. The second-order valence-corrected chi connectivity index (χ2v) is 7.50. The van der Waals surface area contributed by atoms with Crippen molar-refractivity contribution in [3.05, 3.63) is 30.6 Å². The Morgan fingerprint density at radius 1 is 1.07 bits per heavy atom. The first-order valence-electron chi connectivity index (χ1n) is 9.10. The van der Waals surface area contributed by atoms with E-state index >= 15 is 0 Å². The van der Waals surface area contributed by atoms with Crippen molar-refractivity contribution < 1.29 is 14.4 Å². The molecule has 5 rings (SSSR count). The minimum atomic E-state index is -0.376. The van der Waals surface area contributed by atoms with Crippen LogP contribution in [0.3, 0.4) is 0 Å². The predicted octanol–water partition coefficient (Wildman–Crippen LogP) is 0.632. The highest BCUT2D eigenvalue weighted by molar-refractivity contribution is 6.09. The summed E-state index contributed by atoms with van der Waals surface area (Å²) in [5.74, 6) is -0.451. The van der Waals surface area contributed by atoms with Crippen molar-refractivity contribution in [2.75, 3.05) is 11.9 Å². The molecule has 0 spiro atoms. The van der Waals surface area contributed by atoms with Crippen molar-refractivity contribution in [1.29, 1.82) is 0 Å². The van der Waals surface area contributed by atoms with Gasteiger partial charge in [-0.3, -0.25) is 19.3 Å². The van der Waals surface area contributed by atoms with Gasteiger partial charge in [-0.15, -0.1) is 5.10 Å². The number of nitrogens with one attached hydrogen (secondary N) is 1.